The second-order valence-electron chi connectivity index (χ2n) is 8.24. The third-order valence-corrected chi connectivity index (χ3v) is 5.10. The molecule has 2 aliphatic heterocycles. The van der Waals surface area contributed by atoms with Crippen molar-refractivity contribution in [2.24, 2.45) is 0 Å². The summed E-state index contributed by atoms with van der Waals surface area (Å²) in [5.74, 6) is 0.332. The minimum atomic E-state index is -4.46. The van der Waals surface area contributed by atoms with Crippen LogP contribution in [0.4, 0.5) is 18.0 Å². The van der Waals surface area contributed by atoms with Crippen molar-refractivity contribution in [2.75, 3.05) is 13.2 Å². The lowest BCUT2D eigenvalue weighted by molar-refractivity contribution is -0.156. The van der Waals surface area contributed by atoms with Crippen molar-refractivity contribution in [1.82, 2.24) is 15.3 Å². The first-order valence-corrected chi connectivity index (χ1v) is 8.67. The number of nitrogens with one attached hydrogen (secondary N) is 2. The number of amides is 1. The number of hydrogen-bond acceptors (Lipinski definition) is 4. The summed E-state index contributed by atoms with van der Waals surface area (Å²) < 4.78 is 49.6. The molecule has 6 nitrogen and oxygen atoms in total. The Labute approximate surface area is 149 Å². The van der Waals surface area contributed by atoms with Crippen LogP contribution < -0.4 is 5.32 Å². The number of imidazole rings is 1. The van der Waals surface area contributed by atoms with Crippen LogP contribution in [-0.4, -0.2) is 40.4 Å². The fourth-order valence-corrected chi connectivity index (χ4v) is 3.58. The van der Waals surface area contributed by atoms with Gasteiger partial charge in [0, 0.05) is 12.7 Å². The van der Waals surface area contributed by atoms with E-state index in [0.717, 1.165) is 6.20 Å². The molecule has 9 heteroatoms. The molecule has 3 heterocycles. The molecule has 1 aliphatic carbocycles. The van der Waals surface area contributed by atoms with Gasteiger partial charge in [-0.2, -0.15) is 13.2 Å². The van der Waals surface area contributed by atoms with Crippen molar-refractivity contribution in [1.29, 1.82) is 0 Å². The predicted molar refractivity (Wildman–Crippen MR) is 86.7 cm³/mol. The van der Waals surface area contributed by atoms with Crippen LogP contribution in [0.1, 0.15) is 58.0 Å². The molecule has 1 saturated carbocycles. The van der Waals surface area contributed by atoms with Crippen LogP contribution in [0.3, 0.4) is 0 Å². The van der Waals surface area contributed by atoms with Gasteiger partial charge in [0.15, 0.2) is 5.69 Å². The molecule has 2 bridgehead atoms. The Bertz CT molecular complexity index is 654. The highest BCUT2D eigenvalue weighted by molar-refractivity contribution is 5.67. The molecule has 4 rings (SSSR count). The average molecular weight is 375 g/mol. The van der Waals surface area contributed by atoms with Crippen molar-refractivity contribution in [2.45, 2.75) is 69.2 Å². The Hall–Kier alpha value is -1.77. The number of carbonyl (C=O) groups is 1. The summed E-state index contributed by atoms with van der Waals surface area (Å²) in [5.41, 5.74) is -2.49. The van der Waals surface area contributed by atoms with Gasteiger partial charge in [-0.3, -0.25) is 0 Å². The lowest BCUT2D eigenvalue weighted by atomic mass is 9.65. The topological polar surface area (TPSA) is 76.2 Å². The van der Waals surface area contributed by atoms with Gasteiger partial charge in [0.2, 0.25) is 0 Å². The predicted octanol–water partition coefficient (Wildman–Crippen LogP) is 3.53. The summed E-state index contributed by atoms with van der Waals surface area (Å²) in [4.78, 5) is 18.3. The molecule has 0 spiro atoms. The monoisotopic (exact) mass is 375 g/mol. The fourth-order valence-electron chi connectivity index (χ4n) is 3.58. The number of H-pyrrole nitrogens is 1. The number of aromatic amines is 1. The summed E-state index contributed by atoms with van der Waals surface area (Å²) in [6.45, 7) is 5.97. The maximum atomic E-state index is 12.8. The molecule has 0 radical (unpaired) electrons. The van der Waals surface area contributed by atoms with E-state index in [1.54, 1.807) is 20.8 Å². The summed E-state index contributed by atoms with van der Waals surface area (Å²) in [7, 11) is 0. The van der Waals surface area contributed by atoms with Gasteiger partial charge in [0.1, 0.15) is 11.4 Å². The Morgan fingerprint density at radius 1 is 1.31 bits per heavy atom. The van der Waals surface area contributed by atoms with Crippen LogP contribution in [0.25, 0.3) is 0 Å². The smallest absolute Gasteiger partial charge is 0.434 e. The van der Waals surface area contributed by atoms with Gasteiger partial charge in [-0.05, 0) is 46.5 Å². The van der Waals surface area contributed by atoms with E-state index in [2.05, 4.69) is 15.3 Å². The number of halogens is 3. The van der Waals surface area contributed by atoms with E-state index >= 15 is 0 Å². The standard InChI is InChI=1S/C17H24F3N3O3/c1-14(2,3)26-13(24)22-9-16-6-4-15(5-7-16,10-25-16)12-21-8-11(23-12)17(18,19)20/h8H,4-7,9-10H2,1-3H3,(H,21,23)(H,22,24). The fraction of sp³-hybridized carbons (Fsp3) is 0.765. The lowest BCUT2D eigenvalue weighted by Gasteiger charge is -2.52. The quantitative estimate of drug-likeness (QED) is 0.847. The van der Waals surface area contributed by atoms with Crippen molar-refractivity contribution < 1.29 is 27.4 Å². The number of alkyl carbamates (subject to hydrolysis) is 1. The number of carbonyl (C=O) groups excluding carboxylic acids is 1. The molecule has 0 aromatic carbocycles. The lowest BCUT2D eigenvalue weighted by Crippen LogP contribution is -2.58. The zero-order valence-electron chi connectivity index (χ0n) is 15.1. The third-order valence-electron chi connectivity index (χ3n) is 5.10. The molecule has 1 aromatic rings. The molecule has 2 saturated heterocycles. The molecule has 1 amide bonds. The molecule has 26 heavy (non-hydrogen) atoms. The minimum absolute atomic E-state index is 0.286. The first kappa shape index (κ1) is 19.0. The second kappa shape index (κ2) is 6.14. The molecular weight excluding hydrogens is 351 g/mol. The molecular formula is C17H24F3N3O3. The molecule has 1 aromatic heterocycles. The van der Waals surface area contributed by atoms with E-state index in [9.17, 15) is 18.0 Å². The van der Waals surface area contributed by atoms with Gasteiger partial charge in [0.05, 0.1) is 17.6 Å². The molecule has 0 unspecified atom stereocenters. The van der Waals surface area contributed by atoms with Crippen molar-refractivity contribution in [3.63, 3.8) is 0 Å². The van der Waals surface area contributed by atoms with E-state index in [0.29, 0.717) is 38.1 Å². The Kier molecular flexibility index (Phi) is 4.49. The van der Waals surface area contributed by atoms with Crippen LogP contribution in [-0.2, 0) is 21.1 Å². The number of aromatic nitrogens is 2. The number of nitrogens with zero attached hydrogens (tertiary/aromatic N) is 1. The molecule has 3 aliphatic rings. The average Bonchev–Trinajstić information content (AvgIpc) is 3.04. The van der Waals surface area contributed by atoms with E-state index < -0.39 is 34.6 Å². The number of fused-ring (bicyclic) bond motifs is 3. The summed E-state index contributed by atoms with van der Waals surface area (Å²) >= 11 is 0. The zero-order valence-corrected chi connectivity index (χ0v) is 15.1. The van der Waals surface area contributed by atoms with E-state index in [1.165, 1.54) is 0 Å². The van der Waals surface area contributed by atoms with Crippen LogP contribution in [0.15, 0.2) is 6.20 Å². The maximum Gasteiger partial charge on any atom is 0.434 e. The minimum Gasteiger partial charge on any atom is -0.444 e. The molecule has 3 fully saturated rings. The summed E-state index contributed by atoms with van der Waals surface area (Å²) in [6.07, 6.45) is -1.45. The van der Waals surface area contributed by atoms with Crippen LogP contribution in [0, 0.1) is 0 Å². The normalized spacial score (nSPS) is 28.8. The highest BCUT2D eigenvalue weighted by Crippen LogP contribution is 2.49. The first-order chi connectivity index (χ1) is 11.9. The molecule has 2 N–H and O–H groups in total. The molecule has 0 atom stereocenters. The summed E-state index contributed by atoms with van der Waals surface area (Å²) in [5, 5.41) is 2.74. The van der Waals surface area contributed by atoms with Gasteiger partial charge in [0.25, 0.3) is 0 Å². The number of rotatable bonds is 3. The van der Waals surface area contributed by atoms with Gasteiger partial charge >= 0.3 is 12.3 Å². The van der Waals surface area contributed by atoms with E-state index in [4.69, 9.17) is 9.47 Å². The zero-order chi connectivity index (χ0) is 19.2. The van der Waals surface area contributed by atoms with Crippen molar-refractivity contribution in [3.05, 3.63) is 17.7 Å². The highest BCUT2D eigenvalue weighted by atomic mass is 19.4. The maximum absolute atomic E-state index is 12.8. The van der Waals surface area contributed by atoms with Crippen LogP contribution in [0.5, 0.6) is 0 Å². The number of alkyl halides is 3. The third kappa shape index (κ3) is 3.82. The van der Waals surface area contributed by atoms with Crippen LogP contribution in [0.2, 0.25) is 0 Å². The number of ether oxygens (including phenoxy) is 2. The SMILES string of the molecule is CC(C)(C)OC(=O)NCC12CCC(c3nc(C(F)(F)F)c[nH]3)(CC1)CO2. The van der Waals surface area contributed by atoms with E-state index in [-0.39, 0.29) is 6.61 Å². The highest BCUT2D eigenvalue weighted by Gasteiger charge is 2.52. The first-order valence-electron chi connectivity index (χ1n) is 8.67. The van der Waals surface area contributed by atoms with Crippen LogP contribution >= 0.6 is 0 Å². The summed E-state index contributed by atoms with van der Waals surface area (Å²) in [6, 6.07) is 0. The Morgan fingerprint density at radius 2 is 1.96 bits per heavy atom. The van der Waals surface area contributed by atoms with E-state index in [1.807, 2.05) is 0 Å². The van der Waals surface area contributed by atoms with Crippen molar-refractivity contribution >= 4 is 6.09 Å². The van der Waals surface area contributed by atoms with Gasteiger partial charge in [-0.15, -0.1) is 0 Å². The van der Waals surface area contributed by atoms with Gasteiger partial charge in [-0.25, -0.2) is 9.78 Å². The second-order valence-corrected chi connectivity index (χ2v) is 8.24. The van der Waals surface area contributed by atoms with Gasteiger partial charge in [-0.1, -0.05) is 0 Å². The molecule has 146 valence electrons. The Morgan fingerprint density at radius 3 is 2.42 bits per heavy atom. The largest absolute Gasteiger partial charge is 0.444 e. The Balaban J connectivity index is 1.61. The van der Waals surface area contributed by atoms with Gasteiger partial charge < -0.3 is 19.8 Å². The van der Waals surface area contributed by atoms with Crippen molar-refractivity contribution in [3.8, 4) is 0 Å². The number of hydrogen-bond donors (Lipinski definition) is 2.